The van der Waals surface area contributed by atoms with Gasteiger partial charge in [-0.15, -0.1) is 0 Å². The summed E-state index contributed by atoms with van der Waals surface area (Å²) in [6.45, 7) is 3.68. The average molecular weight is 356 g/mol. The lowest BCUT2D eigenvalue weighted by molar-refractivity contribution is -0.125. The van der Waals surface area contributed by atoms with E-state index in [1.807, 2.05) is 25.1 Å². The van der Waals surface area contributed by atoms with E-state index in [2.05, 4.69) is 11.4 Å². The van der Waals surface area contributed by atoms with Gasteiger partial charge in [-0.05, 0) is 56.7 Å². The molecule has 1 aromatic rings. The fourth-order valence-electron chi connectivity index (χ4n) is 3.52. The van der Waals surface area contributed by atoms with Gasteiger partial charge in [0.1, 0.15) is 12.4 Å². The van der Waals surface area contributed by atoms with E-state index in [1.54, 1.807) is 4.90 Å². The first-order valence-electron chi connectivity index (χ1n) is 9.62. The SMILES string of the molecule is Cc1ccc2c(c1)N(C(=O)CCC(=O)NCCC1=CCCCC1)CCO2. The Hall–Kier alpha value is -2.30. The standard InChI is InChI=1S/C21H28N2O3/c1-16-7-8-19-18(15-16)23(13-14-26-19)21(25)10-9-20(24)22-12-11-17-5-3-2-4-6-17/h5,7-8,15H,2-4,6,9-14H2,1H3,(H,22,24). The minimum atomic E-state index is -0.0486. The van der Waals surface area contributed by atoms with Crippen molar-refractivity contribution in [1.29, 1.82) is 0 Å². The van der Waals surface area contributed by atoms with Gasteiger partial charge in [-0.1, -0.05) is 17.7 Å². The summed E-state index contributed by atoms with van der Waals surface area (Å²) in [6.07, 6.45) is 8.55. The summed E-state index contributed by atoms with van der Waals surface area (Å²) in [6, 6.07) is 5.84. The second-order valence-electron chi connectivity index (χ2n) is 7.07. The van der Waals surface area contributed by atoms with Gasteiger partial charge in [0, 0.05) is 19.4 Å². The molecule has 0 saturated carbocycles. The maximum Gasteiger partial charge on any atom is 0.227 e. The van der Waals surface area contributed by atoms with Gasteiger partial charge >= 0.3 is 0 Å². The molecule has 0 saturated heterocycles. The number of anilines is 1. The van der Waals surface area contributed by atoms with Gasteiger partial charge in [-0.2, -0.15) is 0 Å². The van der Waals surface area contributed by atoms with E-state index >= 15 is 0 Å². The first-order chi connectivity index (χ1) is 12.6. The monoisotopic (exact) mass is 356 g/mol. The Balaban J connectivity index is 1.45. The smallest absolute Gasteiger partial charge is 0.227 e. The third kappa shape index (κ3) is 4.87. The molecule has 140 valence electrons. The minimum Gasteiger partial charge on any atom is -0.490 e. The summed E-state index contributed by atoms with van der Waals surface area (Å²) in [7, 11) is 0. The van der Waals surface area contributed by atoms with Crippen LogP contribution in [-0.2, 0) is 9.59 Å². The topological polar surface area (TPSA) is 58.6 Å². The summed E-state index contributed by atoms with van der Waals surface area (Å²) < 4.78 is 5.62. The summed E-state index contributed by atoms with van der Waals surface area (Å²) >= 11 is 0. The van der Waals surface area contributed by atoms with Crippen LogP contribution in [0.5, 0.6) is 5.75 Å². The number of hydrogen-bond donors (Lipinski definition) is 1. The lowest BCUT2D eigenvalue weighted by atomic mass is 9.97. The van der Waals surface area contributed by atoms with Crippen molar-refractivity contribution in [2.45, 2.75) is 51.9 Å². The van der Waals surface area contributed by atoms with Gasteiger partial charge in [0.15, 0.2) is 0 Å². The van der Waals surface area contributed by atoms with E-state index in [0.717, 1.165) is 36.3 Å². The number of ether oxygens (including phenoxy) is 1. The van der Waals surface area contributed by atoms with Crippen LogP contribution in [0.25, 0.3) is 0 Å². The number of allylic oxidation sites excluding steroid dienone is 1. The Labute approximate surface area is 155 Å². The molecule has 26 heavy (non-hydrogen) atoms. The first-order valence-corrected chi connectivity index (χ1v) is 9.62. The molecule has 1 aliphatic heterocycles. The van der Waals surface area contributed by atoms with Crippen LogP contribution in [0.15, 0.2) is 29.8 Å². The molecule has 0 spiro atoms. The van der Waals surface area contributed by atoms with Crippen LogP contribution in [0.2, 0.25) is 0 Å². The molecule has 0 radical (unpaired) electrons. The Bertz CT molecular complexity index is 696. The van der Waals surface area contributed by atoms with Crippen molar-refractivity contribution in [3.05, 3.63) is 35.4 Å². The number of nitrogens with zero attached hydrogens (tertiary/aromatic N) is 1. The predicted octanol–water partition coefficient (Wildman–Crippen LogP) is 3.51. The van der Waals surface area contributed by atoms with Crippen LogP contribution in [0, 0.1) is 6.92 Å². The van der Waals surface area contributed by atoms with E-state index in [9.17, 15) is 9.59 Å². The molecule has 3 rings (SSSR count). The predicted molar refractivity (Wildman–Crippen MR) is 102 cm³/mol. The molecule has 2 aliphatic rings. The number of rotatable bonds is 6. The maximum atomic E-state index is 12.6. The molecule has 0 aromatic heterocycles. The van der Waals surface area contributed by atoms with E-state index in [4.69, 9.17) is 4.74 Å². The summed E-state index contributed by atoms with van der Waals surface area (Å²) in [5, 5.41) is 2.94. The van der Waals surface area contributed by atoms with E-state index in [-0.39, 0.29) is 24.7 Å². The molecular formula is C21H28N2O3. The molecule has 0 unspecified atom stereocenters. The van der Waals surface area contributed by atoms with E-state index < -0.39 is 0 Å². The van der Waals surface area contributed by atoms with Crippen molar-refractivity contribution < 1.29 is 14.3 Å². The number of carbonyl (C=O) groups is 2. The third-order valence-corrected chi connectivity index (χ3v) is 5.00. The van der Waals surface area contributed by atoms with Crippen LogP contribution in [-0.4, -0.2) is 31.5 Å². The molecule has 5 heteroatoms. The average Bonchev–Trinajstić information content (AvgIpc) is 2.66. The van der Waals surface area contributed by atoms with Crippen molar-refractivity contribution in [2.24, 2.45) is 0 Å². The number of benzene rings is 1. The Morgan fingerprint density at radius 3 is 2.92 bits per heavy atom. The zero-order valence-corrected chi connectivity index (χ0v) is 15.6. The fraction of sp³-hybridized carbons (Fsp3) is 0.524. The minimum absolute atomic E-state index is 0.0229. The fourth-order valence-corrected chi connectivity index (χ4v) is 3.52. The van der Waals surface area contributed by atoms with Crippen LogP contribution in [0.3, 0.4) is 0 Å². The van der Waals surface area contributed by atoms with Gasteiger partial charge in [0.2, 0.25) is 11.8 Å². The summed E-state index contributed by atoms with van der Waals surface area (Å²) in [5.41, 5.74) is 3.35. The zero-order chi connectivity index (χ0) is 18.4. The van der Waals surface area contributed by atoms with Crippen LogP contribution >= 0.6 is 0 Å². The second kappa shape index (κ2) is 8.88. The van der Waals surface area contributed by atoms with Gasteiger partial charge in [-0.3, -0.25) is 9.59 Å². The largest absolute Gasteiger partial charge is 0.490 e. The molecule has 2 amide bonds. The highest BCUT2D eigenvalue weighted by atomic mass is 16.5. The molecular weight excluding hydrogens is 328 g/mol. The summed E-state index contributed by atoms with van der Waals surface area (Å²) in [4.78, 5) is 26.4. The van der Waals surface area contributed by atoms with Gasteiger partial charge in [0.25, 0.3) is 0 Å². The highest BCUT2D eigenvalue weighted by molar-refractivity contribution is 5.97. The lowest BCUT2D eigenvalue weighted by Gasteiger charge is -2.30. The van der Waals surface area contributed by atoms with Gasteiger partial charge < -0.3 is 15.0 Å². The molecule has 5 nitrogen and oxygen atoms in total. The van der Waals surface area contributed by atoms with E-state index in [1.165, 1.54) is 18.4 Å². The third-order valence-electron chi connectivity index (χ3n) is 5.00. The Morgan fingerprint density at radius 2 is 2.12 bits per heavy atom. The highest BCUT2D eigenvalue weighted by Crippen LogP contribution is 2.32. The first kappa shape index (κ1) is 18.5. The van der Waals surface area contributed by atoms with Crippen LogP contribution < -0.4 is 15.0 Å². The normalized spacial score (nSPS) is 16.3. The summed E-state index contributed by atoms with van der Waals surface area (Å²) in [5.74, 6) is 0.665. The van der Waals surface area contributed by atoms with Crippen molar-refractivity contribution in [2.75, 3.05) is 24.6 Å². The molecule has 1 aliphatic carbocycles. The van der Waals surface area contributed by atoms with E-state index in [0.29, 0.717) is 19.7 Å². The second-order valence-corrected chi connectivity index (χ2v) is 7.07. The van der Waals surface area contributed by atoms with Gasteiger partial charge in [0.05, 0.1) is 12.2 Å². The number of hydrogen-bond acceptors (Lipinski definition) is 3. The number of nitrogens with one attached hydrogen (secondary N) is 1. The highest BCUT2D eigenvalue weighted by Gasteiger charge is 2.24. The van der Waals surface area contributed by atoms with Crippen molar-refractivity contribution in [1.82, 2.24) is 5.32 Å². The maximum absolute atomic E-state index is 12.6. The van der Waals surface area contributed by atoms with Crippen molar-refractivity contribution in [3.8, 4) is 5.75 Å². The zero-order valence-electron chi connectivity index (χ0n) is 15.6. The number of fused-ring (bicyclic) bond motifs is 1. The number of aryl methyl sites for hydroxylation is 1. The van der Waals surface area contributed by atoms with Gasteiger partial charge in [-0.25, -0.2) is 0 Å². The van der Waals surface area contributed by atoms with Crippen molar-refractivity contribution in [3.63, 3.8) is 0 Å². The Kier molecular flexibility index (Phi) is 6.31. The van der Waals surface area contributed by atoms with Crippen LogP contribution in [0.4, 0.5) is 5.69 Å². The molecule has 1 heterocycles. The molecule has 0 fully saturated rings. The lowest BCUT2D eigenvalue weighted by Crippen LogP contribution is -2.38. The quantitative estimate of drug-likeness (QED) is 0.794. The molecule has 0 bridgehead atoms. The molecule has 1 N–H and O–H groups in total. The van der Waals surface area contributed by atoms with Crippen LogP contribution in [0.1, 0.15) is 50.5 Å². The Morgan fingerprint density at radius 1 is 1.23 bits per heavy atom. The molecule has 0 atom stereocenters. The van der Waals surface area contributed by atoms with Crippen molar-refractivity contribution >= 4 is 17.5 Å². The number of carbonyl (C=O) groups excluding carboxylic acids is 2. The molecule has 1 aromatic carbocycles. The number of amides is 2.